The predicted octanol–water partition coefficient (Wildman–Crippen LogP) is 4.71. The highest BCUT2D eigenvalue weighted by Gasteiger charge is 2.27. The fourth-order valence-electron chi connectivity index (χ4n) is 1.42. The van der Waals surface area contributed by atoms with Gasteiger partial charge in [-0.1, -0.05) is 6.07 Å². The molecule has 1 aromatic rings. The van der Waals surface area contributed by atoms with Gasteiger partial charge in [-0.15, -0.1) is 11.6 Å². The molecule has 0 heterocycles. The van der Waals surface area contributed by atoms with Gasteiger partial charge in [-0.05, 0) is 40.0 Å². The second-order valence-electron chi connectivity index (χ2n) is 3.82. The van der Waals surface area contributed by atoms with E-state index in [1.807, 2.05) is 0 Å². The number of rotatable bonds is 6. The Morgan fingerprint density at radius 1 is 1.37 bits per heavy atom. The highest BCUT2D eigenvalue weighted by atomic mass is 79.9. The zero-order chi connectivity index (χ0) is 14.5. The van der Waals surface area contributed by atoms with Gasteiger partial charge >= 0.3 is 6.18 Å². The maximum absolute atomic E-state index is 11.9. The molecule has 0 N–H and O–H groups in total. The first-order chi connectivity index (χ1) is 8.83. The van der Waals surface area contributed by atoms with Crippen LogP contribution in [-0.2, 0) is 4.74 Å². The second kappa shape index (κ2) is 7.36. The van der Waals surface area contributed by atoms with Crippen LogP contribution in [0.1, 0.15) is 17.4 Å². The van der Waals surface area contributed by atoms with Gasteiger partial charge in [0.15, 0.2) is 0 Å². The van der Waals surface area contributed by atoms with Crippen molar-refractivity contribution in [1.29, 1.82) is 0 Å². The van der Waals surface area contributed by atoms with Gasteiger partial charge in [0.1, 0.15) is 12.4 Å². The average Bonchev–Trinajstić information content (AvgIpc) is 2.33. The van der Waals surface area contributed by atoms with Crippen LogP contribution in [0.15, 0.2) is 22.7 Å². The zero-order valence-corrected chi connectivity index (χ0v) is 12.5. The Kier molecular flexibility index (Phi) is 6.42. The molecule has 19 heavy (non-hydrogen) atoms. The number of halogens is 5. The zero-order valence-electron chi connectivity index (χ0n) is 10.1. The minimum absolute atomic E-state index is 0.0443. The molecule has 0 aliphatic carbocycles. The molecule has 108 valence electrons. The van der Waals surface area contributed by atoms with Crippen molar-refractivity contribution in [2.45, 2.75) is 18.0 Å². The first-order valence-corrected chi connectivity index (χ1v) is 6.68. The topological polar surface area (TPSA) is 18.5 Å². The summed E-state index contributed by atoms with van der Waals surface area (Å²) in [5, 5.41) is -0.407. The summed E-state index contributed by atoms with van der Waals surface area (Å²) < 4.78 is 45.9. The fourth-order valence-corrected chi connectivity index (χ4v) is 2.20. The van der Waals surface area contributed by atoms with Crippen molar-refractivity contribution in [3.63, 3.8) is 0 Å². The van der Waals surface area contributed by atoms with E-state index in [4.69, 9.17) is 16.3 Å². The Balaban J connectivity index is 2.45. The monoisotopic (exact) mass is 360 g/mol. The Hall–Kier alpha value is -0.460. The second-order valence-corrected chi connectivity index (χ2v) is 5.20. The minimum Gasteiger partial charge on any atom is -0.496 e. The van der Waals surface area contributed by atoms with Crippen LogP contribution in [0, 0.1) is 0 Å². The van der Waals surface area contributed by atoms with Crippen molar-refractivity contribution in [3.8, 4) is 5.75 Å². The summed E-state index contributed by atoms with van der Waals surface area (Å²) in [6.45, 7) is -1.29. The van der Waals surface area contributed by atoms with Crippen molar-refractivity contribution in [1.82, 2.24) is 0 Å². The van der Waals surface area contributed by atoms with Gasteiger partial charge in [0.2, 0.25) is 0 Å². The van der Waals surface area contributed by atoms with E-state index in [1.54, 1.807) is 25.3 Å². The number of ether oxygens (including phenoxy) is 2. The van der Waals surface area contributed by atoms with Crippen LogP contribution in [0.25, 0.3) is 0 Å². The fraction of sp³-hybridized carbons (Fsp3) is 0.500. The van der Waals surface area contributed by atoms with Crippen LogP contribution < -0.4 is 4.74 Å². The van der Waals surface area contributed by atoms with Gasteiger partial charge in [0.25, 0.3) is 0 Å². The molecule has 1 atom stereocenters. The molecule has 0 radical (unpaired) electrons. The lowest BCUT2D eigenvalue weighted by Crippen LogP contribution is -2.17. The molecule has 7 heteroatoms. The molecule has 0 aliphatic rings. The van der Waals surface area contributed by atoms with Gasteiger partial charge in [0.05, 0.1) is 17.0 Å². The largest absolute Gasteiger partial charge is 0.496 e. The summed E-state index contributed by atoms with van der Waals surface area (Å²) in [5.74, 6) is 0.668. The lowest BCUT2D eigenvalue weighted by Gasteiger charge is -2.13. The molecule has 0 fully saturated rings. The third kappa shape index (κ3) is 6.01. The van der Waals surface area contributed by atoms with E-state index in [0.717, 1.165) is 10.0 Å². The number of alkyl halides is 4. The van der Waals surface area contributed by atoms with Gasteiger partial charge in [0, 0.05) is 6.61 Å². The number of hydrogen-bond acceptors (Lipinski definition) is 2. The maximum atomic E-state index is 11.9. The molecule has 0 saturated carbocycles. The molecular weight excluding hydrogens is 348 g/mol. The normalized spacial score (nSPS) is 13.4. The van der Waals surface area contributed by atoms with E-state index in [1.165, 1.54) is 0 Å². The Morgan fingerprint density at radius 2 is 2.05 bits per heavy atom. The molecule has 0 aliphatic heterocycles. The summed E-state index contributed by atoms with van der Waals surface area (Å²) in [6, 6.07) is 5.29. The third-order valence-corrected chi connectivity index (χ3v) is 3.41. The predicted molar refractivity (Wildman–Crippen MR) is 70.8 cm³/mol. The van der Waals surface area contributed by atoms with Crippen molar-refractivity contribution in [3.05, 3.63) is 28.2 Å². The van der Waals surface area contributed by atoms with E-state index in [-0.39, 0.29) is 6.61 Å². The van der Waals surface area contributed by atoms with Crippen LogP contribution in [0.3, 0.4) is 0 Å². The van der Waals surface area contributed by atoms with E-state index >= 15 is 0 Å². The lowest BCUT2D eigenvalue weighted by molar-refractivity contribution is -0.174. The summed E-state index contributed by atoms with van der Waals surface area (Å²) in [7, 11) is 1.54. The summed E-state index contributed by atoms with van der Waals surface area (Å²) >= 11 is 9.42. The quantitative estimate of drug-likeness (QED) is 0.540. The maximum Gasteiger partial charge on any atom is 0.411 e. The van der Waals surface area contributed by atoms with Gasteiger partial charge in [-0.3, -0.25) is 0 Å². The van der Waals surface area contributed by atoms with Gasteiger partial charge in [-0.2, -0.15) is 13.2 Å². The van der Waals surface area contributed by atoms with Crippen LogP contribution in [-0.4, -0.2) is 26.5 Å². The van der Waals surface area contributed by atoms with E-state index in [9.17, 15) is 13.2 Å². The number of methoxy groups -OCH3 is 1. The van der Waals surface area contributed by atoms with Crippen LogP contribution >= 0.6 is 27.5 Å². The summed E-state index contributed by atoms with van der Waals surface area (Å²) in [5.41, 5.74) is 0.796. The first kappa shape index (κ1) is 16.6. The standard InChI is InChI=1S/C12H13BrClF3O2/c1-18-11-3-2-8(6-9(11)13)10(14)4-5-19-7-12(15,16)17/h2-3,6,10H,4-5,7H2,1H3. The Bertz CT molecular complexity index is 412. The van der Waals surface area contributed by atoms with Crippen LogP contribution in [0.2, 0.25) is 0 Å². The molecule has 2 nitrogen and oxygen atoms in total. The van der Waals surface area contributed by atoms with E-state index in [0.29, 0.717) is 12.2 Å². The molecule has 0 amide bonds. The van der Waals surface area contributed by atoms with Crippen LogP contribution in [0.5, 0.6) is 5.75 Å². The first-order valence-electron chi connectivity index (χ1n) is 5.45. The highest BCUT2D eigenvalue weighted by Crippen LogP contribution is 2.32. The van der Waals surface area contributed by atoms with E-state index < -0.39 is 18.2 Å². The molecule has 0 bridgehead atoms. The Morgan fingerprint density at radius 3 is 2.58 bits per heavy atom. The summed E-state index contributed by atoms with van der Waals surface area (Å²) in [6.07, 6.45) is -4.00. The highest BCUT2D eigenvalue weighted by molar-refractivity contribution is 9.10. The number of benzene rings is 1. The molecule has 0 spiro atoms. The summed E-state index contributed by atoms with van der Waals surface area (Å²) in [4.78, 5) is 0. The van der Waals surface area contributed by atoms with E-state index in [2.05, 4.69) is 20.7 Å². The minimum atomic E-state index is -4.30. The third-order valence-electron chi connectivity index (χ3n) is 2.32. The number of hydrogen-bond donors (Lipinski definition) is 0. The molecule has 1 aromatic carbocycles. The average molecular weight is 362 g/mol. The smallest absolute Gasteiger partial charge is 0.411 e. The SMILES string of the molecule is COc1ccc(C(Cl)CCOCC(F)(F)F)cc1Br. The molecule has 1 rings (SSSR count). The van der Waals surface area contributed by atoms with Gasteiger partial charge < -0.3 is 9.47 Å². The molecular formula is C12H13BrClF3O2. The van der Waals surface area contributed by atoms with Crippen molar-refractivity contribution in [2.75, 3.05) is 20.3 Å². The van der Waals surface area contributed by atoms with Crippen LogP contribution in [0.4, 0.5) is 13.2 Å². The molecule has 0 saturated heterocycles. The Labute approximate surface area is 123 Å². The van der Waals surface area contributed by atoms with Crippen molar-refractivity contribution in [2.24, 2.45) is 0 Å². The molecule has 1 unspecified atom stereocenters. The molecule has 0 aromatic heterocycles. The van der Waals surface area contributed by atoms with Crippen molar-refractivity contribution < 1.29 is 22.6 Å². The van der Waals surface area contributed by atoms with Gasteiger partial charge in [-0.25, -0.2) is 0 Å². The lowest BCUT2D eigenvalue weighted by atomic mass is 10.1. The van der Waals surface area contributed by atoms with Crippen molar-refractivity contribution >= 4 is 27.5 Å².